The highest BCUT2D eigenvalue weighted by Gasteiger charge is 2.46. The Hall–Kier alpha value is -4.51. The number of urea groups is 1. The van der Waals surface area contributed by atoms with Gasteiger partial charge in [-0.3, -0.25) is 15.1 Å². The van der Waals surface area contributed by atoms with E-state index in [9.17, 15) is 14.7 Å². The molecule has 3 amide bonds. The van der Waals surface area contributed by atoms with Gasteiger partial charge in [0.15, 0.2) is 5.88 Å². The fourth-order valence-corrected chi connectivity index (χ4v) is 3.79. The van der Waals surface area contributed by atoms with E-state index in [4.69, 9.17) is 4.74 Å². The zero-order valence-electron chi connectivity index (χ0n) is 17.0. The van der Waals surface area contributed by atoms with Crippen molar-refractivity contribution in [2.45, 2.75) is 12.1 Å². The average molecular weight is 426 g/mol. The van der Waals surface area contributed by atoms with E-state index in [0.717, 1.165) is 16.3 Å². The van der Waals surface area contributed by atoms with Crippen LogP contribution in [0.1, 0.15) is 5.56 Å². The van der Waals surface area contributed by atoms with E-state index in [-0.39, 0.29) is 12.4 Å². The molecule has 0 spiro atoms. The van der Waals surface area contributed by atoms with Crippen molar-refractivity contribution >= 4 is 33.6 Å². The van der Waals surface area contributed by atoms with Crippen LogP contribution in [0.5, 0.6) is 11.6 Å². The molecule has 3 N–H and O–H groups in total. The minimum atomic E-state index is -1.54. The second-order valence-electron chi connectivity index (χ2n) is 7.51. The second-order valence-corrected chi connectivity index (χ2v) is 7.51. The van der Waals surface area contributed by atoms with E-state index in [1.807, 2.05) is 24.3 Å². The molecule has 8 nitrogen and oxygen atoms in total. The van der Waals surface area contributed by atoms with Crippen LogP contribution < -0.4 is 15.4 Å². The molecule has 0 saturated carbocycles. The summed E-state index contributed by atoms with van der Waals surface area (Å²) in [6.07, 6.45) is 3.41. The first-order valence-electron chi connectivity index (χ1n) is 9.85. The summed E-state index contributed by atoms with van der Waals surface area (Å²) in [6.45, 7) is -0.0739. The van der Waals surface area contributed by atoms with Crippen molar-refractivity contribution in [2.24, 2.45) is 0 Å². The molecule has 32 heavy (non-hydrogen) atoms. The molecule has 0 aliphatic carbocycles. The molecule has 2 aromatic carbocycles. The first kappa shape index (κ1) is 19.5. The number of aromatic nitrogens is 2. The summed E-state index contributed by atoms with van der Waals surface area (Å²) in [7, 11) is 1.54. The van der Waals surface area contributed by atoms with E-state index in [0.29, 0.717) is 16.7 Å². The average Bonchev–Trinajstić information content (AvgIpc) is 3.26. The van der Waals surface area contributed by atoms with E-state index in [1.165, 1.54) is 4.57 Å². The number of benzene rings is 2. The van der Waals surface area contributed by atoms with Gasteiger partial charge in [-0.1, -0.05) is 17.9 Å². The quantitative estimate of drug-likeness (QED) is 0.345. The van der Waals surface area contributed by atoms with Crippen LogP contribution in [0, 0.1) is 11.8 Å². The molecule has 3 heterocycles. The van der Waals surface area contributed by atoms with Crippen LogP contribution >= 0.6 is 0 Å². The van der Waals surface area contributed by atoms with Crippen LogP contribution in [-0.2, 0) is 11.3 Å². The third kappa shape index (κ3) is 3.26. The minimum Gasteiger partial charge on any atom is -0.497 e. The summed E-state index contributed by atoms with van der Waals surface area (Å²) in [5, 5.41) is 17.9. The number of hydrogen-bond acceptors (Lipinski definition) is 5. The highest BCUT2D eigenvalue weighted by Crippen LogP contribution is 2.32. The molecular weight excluding hydrogens is 408 g/mol. The van der Waals surface area contributed by atoms with Crippen LogP contribution in [0.2, 0.25) is 0 Å². The SMILES string of the molecule is COc1ccc2cn(CC3(C#Cc4ccc5ncccc5c4)NC(=O)NC3=O)c(O)c2c1. The molecule has 1 saturated heterocycles. The summed E-state index contributed by atoms with van der Waals surface area (Å²) in [6, 6.07) is 13.9. The van der Waals surface area contributed by atoms with E-state index in [2.05, 4.69) is 27.5 Å². The maximum absolute atomic E-state index is 12.7. The van der Waals surface area contributed by atoms with Gasteiger partial charge in [0, 0.05) is 34.1 Å². The lowest BCUT2D eigenvalue weighted by Gasteiger charge is -2.20. The van der Waals surface area contributed by atoms with Crippen LogP contribution in [0.3, 0.4) is 0 Å². The molecule has 5 rings (SSSR count). The number of ether oxygens (including phenoxy) is 1. The van der Waals surface area contributed by atoms with Crippen LogP contribution in [0.25, 0.3) is 21.7 Å². The summed E-state index contributed by atoms with van der Waals surface area (Å²) in [4.78, 5) is 29.0. The third-order valence-electron chi connectivity index (χ3n) is 5.44. The van der Waals surface area contributed by atoms with Gasteiger partial charge in [0.05, 0.1) is 19.2 Å². The summed E-state index contributed by atoms with van der Waals surface area (Å²) in [5.74, 6) is 5.89. The van der Waals surface area contributed by atoms with Gasteiger partial charge in [0.1, 0.15) is 5.75 Å². The molecule has 1 unspecified atom stereocenters. The van der Waals surface area contributed by atoms with Gasteiger partial charge in [-0.05, 0) is 42.5 Å². The number of carbonyl (C=O) groups is 2. The van der Waals surface area contributed by atoms with E-state index in [1.54, 1.807) is 43.8 Å². The highest BCUT2D eigenvalue weighted by atomic mass is 16.5. The molecule has 1 fully saturated rings. The predicted octanol–water partition coefficient (Wildman–Crippen LogP) is 2.53. The van der Waals surface area contributed by atoms with Gasteiger partial charge in [0.2, 0.25) is 5.54 Å². The van der Waals surface area contributed by atoms with Crippen molar-refractivity contribution in [3.8, 4) is 23.5 Å². The summed E-state index contributed by atoms with van der Waals surface area (Å²) in [5.41, 5.74) is -0.0399. The standard InChI is InChI=1S/C24H18N4O4/c1-32-18-6-5-17-13-28(21(29)19(17)12-18)14-24(22(30)26-23(31)27-24)9-8-15-4-7-20-16(11-15)3-2-10-25-20/h2-7,10-13,29H,14H2,1H3,(H2,26,27,30,31). The van der Waals surface area contributed by atoms with Crippen LogP contribution in [0.15, 0.2) is 60.9 Å². The number of rotatable bonds is 3. The molecule has 0 radical (unpaired) electrons. The second kappa shape index (κ2) is 7.32. The zero-order chi connectivity index (χ0) is 22.3. The van der Waals surface area contributed by atoms with Crippen molar-refractivity contribution in [2.75, 3.05) is 7.11 Å². The highest BCUT2D eigenvalue weighted by molar-refractivity contribution is 6.09. The third-order valence-corrected chi connectivity index (χ3v) is 5.44. The lowest BCUT2D eigenvalue weighted by atomic mass is 9.99. The topological polar surface area (TPSA) is 105 Å². The number of aromatic hydroxyl groups is 1. The summed E-state index contributed by atoms with van der Waals surface area (Å²) < 4.78 is 6.72. The van der Waals surface area contributed by atoms with Crippen molar-refractivity contribution in [1.82, 2.24) is 20.2 Å². The Morgan fingerprint density at radius 3 is 2.81 bits per heavy atom. The molecular formula is C24H18N4O4. The Balaban J connectivity index is 1.56. The van der Waals surface area contributed by atoms with Gasteiger partial charge in [-0.2, -0.15) is 0 Å². The first-order valence-corrected chi connectivity index (χ1v) is 9.85. The van der Waals surface area contributed by atoms with Crippen molar-refractivity contribution in [1.29, 1.82) is 0 Å². The number of amides is 3. The van der Waals surface area contributed by atoms with E-state index < -0.39 is 17.5 Å². The van der Waals surface area contributed by atoms with Crippen LogP contribution in [0.4, 0.5) is 4.79 Å². The Bertz CT molecular complexity index is 1460. The summed E-state index contributed by atoms with van der Waals surface area (Å²) >= 11 is 0. The van der Waals surface area contributed by atoms with Gasteiger partial charge < -0.3 is 19.7 Å². The van der Waals surface area contributed by atoms with Crippen molar-refractivity contribution in [3.63, 3.8) is 0 Å². The lowest BCUT2D eigenvalue weighted by Crippen LogP contribution is -2.49. The van der Waals surface area contributed by atoms with Gasteiger partial charge in [-0.15, -0.1) is 0 Å². The normalized spacial score (nSPS) is 17.7. The van der Waals surface area contributed by atoms with Crippen molar-refractivity contribution in [3.05, 3.63) is 66.5 Å². The number of nitrogens with one attached hydrogen (secondary N) is 2. The number of methoxy groups -OCH3 is 1. The smallest absolute Gasteiger partial charge is 0.323 e. The molecule has 158 valence electrons. The molecule has 1 aliphatic heterocycles. The Morgan fingerprint density at radius 2 is 2.03 bits per heavy atom. The molecule has 1 atom stereocenters. The van der Waals surface area contributed by atoms with Crippen LogP contribution in [-0.4, -0.2) is 39.2 Å². The monoisotopic (exact) mass is 426 g/mol. The number of imide groups is 1. The molecule has 8 heteroatoms. The fraction of sp³-hybridized carbons (Fsp3) is 0.125. The Labute approximate surface area is 182 Å². The molecule has 4 aromatic rings. The Morgan fingerprint density at radius 1 is 1.16 bits per heavy atom. The molecule has 2 aromatic heterocycles. The number of fused-ring (bicyclic) bond motifs is 2. The van der Waals surface area contributed by atoms with Gasteiger partial charge >= 0.3 is 6.03 Å². The fourth-order valence-electron chi connectivity index (χ4n) is 3.79. The van der Waals surface area contributed by atoms with Gasteiger partial charge in [0.25, 0.3) is 5.91 Å². The maximum atomic E-state index is 12.7. The van der Waals surface area contributed by atoms with Crippen molar-refractivity contribution < 1.29 is 19.4 Å². The number of nitrogens with zero attached hydrogens (tertiary/aromatic N) is 2. The van der Waals surface area contributed by atoms with E-state index >= 15 is 0 Å². The Kier molecular flexibility index (Phi) is 4.45. The predicted molar refractivity (Wildman–Crippen MR) is 118 cm³/mol. The van der Waals surface area contributed by atoms with Gasteiger partial charge in [-0.25, -0.2) is 4.79 Å². The lowest BCUT2D eigenvalue weighted by molar-refractivity contribution is -0.122. The number of pyridine rings is 1. The minimum absolute atomic E-state index is 0.0502. The number of hydrogen-bond donors (Lipinski definition) is 3. The maximum Gasteiger partial charge on any atom is 0.323 e. The zero-order valence-corrected chi connectivity index (χ0v) is 17.0. The first-order chi connectivity index (χ1) is 15.5. The molecule has 1 aliphatic rings. The largest absolute Gasteiger partial charge is 0.497 e. The molecule has 0 bridgehead atoms. The number of carbonyl (C=O) groups excluding carboxylic acids is 2.